The van der Waals surface area contributed by atoms with Gasteiger partial charge in [0.15, 0.2) is 0 Å². The summed E-state index contributed by atoms with van der Waals surface area (Å²) in [6.07, 6.45) is 6.98. The van der Waals surface area contributed by atoms with Gasteiger partial charge in [-0.1, -0.05) is 49.3 Å². The minimum absolute atomic E-state index is 0.124. The molecule has 0 radical (unpaired) electrons. The zero-order valence-corrected chi connectivity index (χ0v) is 13.9. The van der Waals surface area contributed by atoms with Gasteiger partial charge in [-0.15, -0.1) is 0 Å². The van der Waals surface area contributed by atoms with Gasteiger partial charge in [0.25, 0.3) is 0 Å². The summed E-state index contributed by atoms with van der Waals surface area (Å²) in [5.74, 6) is 1.16. The molecule has 2 unspecified atom stereocenters. The Labute approximate surface area is 133 Å². The van der Waals surface area contributed by atoms with E-state index in [1.54, 1.807) is 0 Å². The summed E-state index contributed by atoms with van der Waals surface area (Å²) >= 11 is 0. The van der Waals surface area contributed by atoms with Crippen LogP contribution in [0.2, 0.25) is 0 Å². The van der Waals surface area contributed by atoms with Crippen molar-refractivity contribution < 1.29 is 9.47 Å². The first kappa shape index (κ1) is 15.4. The molecule has 22 heavy (non-hydrogen) atoms. The molecule has 2 atom stereocenters. The van der Waals surface area contributed by atoms with Crippen molar-refractivity contribution in [2.45, 2.75) is 58.7 Å². The number of benzene rings is 1. The van der Waals surface area contributed by atoms with Gasteiger partial charge in [0.05, 0.1) is 6.61 Å². The van der Waals surface area contributed by atoms with E-state index in [2.05, 4.69) is 51.1 Å². The fraction of sp³-hybridized carbons (Fsp3) is 0.500. The van der Waals surface area contributed by atoms with Crippen LogP contribution in [0.4, 0.5) is 0 Å². The molecule has 0 N–H and O–H groups in total. The van der Waals surface area contributed by atoms with Crippen LogP contribution >= 0.6 is 0 Å². The van der Waals surface area contributed by atoms with Crippen LogP contribution in [0.25, 0.3) is 11.6 Å². The summed E-state index contributed by atoms with van der Waals surface area (Å²) in [6, 6.07) is 8.62. The van der Waals surface area contributed by atoms with E-state index in [-0.39, 0.29) is 12.2 Å². The lowest BCUT2D eigenvalue weighted by Gasteiger charge is -2.14. The third kappa shape index (κ3) is 2.98. The average molecular weight is 298 g/mol. The first-order valence-corrected chi connectivity index (χ1v) is 8.46. The van der Waals surface area contributed by atoms with Crippen LogP contribution < -0.4 is 0 Å². The quantitative estimate of drug-likeness (QED) is 0.744. The van der Waals surface area contributed by atoms with Gasteiger partial charge < -0.3 is 9.47 Å². The lowest BCUT2D eigenvalue weighted by molar-refractivity contribution is 0.0811. The van der Waals surface area contributed by atoms with Gasteiger partial charge in [0.1, 0.15) is 18.0 Å². The molecule has 1 aromatic carbocycles. The molecule has 0 amide bonds. The molecule has 0 aromatic heterocycles. The lowest BCUT2D eigenvalue weighted by atomic mass is 9.92. The van der Waals surface area contributed by atoms with Crippen molar-refractivity contribution in [1.29, 1.82) is 0 Å². The monoisotopic (exact) mass is 298 g/mol. The predicted molar refractivity (Wildman–Crippen MR) is 91.4 cm³/mol. The smallest absolute Gasteiger partial charge is 0.131 e. The van der Waals surface area contributed by atoms with Crippen molar-refractivity contribution in [2.24, 2.45) is 0 Å². The summed E-state index contributed by atoms with van der Waals surface area (Å²) in [5, 5.41) is 0. The zero-order valence-electron chi connectivity index (χ0n) is 13.9. The molecule has 2 heteroatoms. The zero-order chi connectivity index (χ0) is 15.5. The Morgan fingerprint density at radius 2 is 2.09 bits per heavy atom. The number of unbranched alkanes of at least 4 members (excludes halogenated alkanes) is 1. The van der Waals surface area contributed by atoms with E-state index < -0.39 is 0 Å². The molecule has 1 fully saturated rings. The first-order chi connectivity index (χ1) is 10.7. The highest BCUT2D eigenvalue weighted by Crippen LogP contribution is 2.42. The molecule has 2 nitrogen and oxygen atoms in total. The molecule has 0 spiro atoms. The van der Waals surface area contributed by atoms with E-state index >= 15 is 0 Å². The van der Waals surface area contributed by atoms with Gasteiger partial charge in [-0.25, -0.2) is 0 Å². The third-order valence-electron chi connectivity index (χ3n) is 4.37. The minimum atomic E-state index is 0.124. The maximum Gasteiger partial charge on any atom is 0.131 e. The molecule has 118 valence electrons. The first-order valence-electron chi connectivity index (χ1n) is 8.46. The van der Waals surface area contributed by atoms with Crippen LogP contribution in [0.3, 0.4) is 0 Å². The number of allylic oxidation sites excluding steroid dienone is 2. The van der Waals surface area contributed by atoms with E-state index in [0.717, 1.165) is 25.2 Å². The SMILES string of the molecule is CCCCC1=C(c2ccccc2C=C(C)C)C2OCCC2O1. The molecule has 3 rings (SSSR count). The average Bonchev–Trinajstić information content (AvgIpc) is 3.05. The number of fused-ring (bicyclic) bond motifs is 1. The Kier molecular flexibility index (Phi) is 4.68. The second-order valence-electron chi connectivity index (χ2n) is 6.49. The Hall–Kier alpha value is -1.54. The Bertz CT molecular complexity index is 593. The number of hydrogen-bond acceptors (Lipinski definition) is 2. The molecule has 2 aliphatic heterocycles. The summed E-state index contributed by atoms with van der Waals surface area (Å²) in [5.41, 5.74) is 5.16. The number of ether oxygens (including phenoxy) is 2. The molecule has 1 saturated heterocycles. The van der Waals surface area contributed by atoms with Crippen molar-refractivity contribution >= 4 is 11.6 Å². The largest absolute Gasteiger partial charge is 0.491 e. The van der Waals surface area contributed by atoms with E-state index in [1.165, 1.54) is 35.1 Å². The van der Waals surface area contributed by atoms with Crippen molar-refractivity contribution in [1.82, 2.24) is 0 Å². The second-order valence-corrected chi connectivity index (χ2v) is 6.49. The molecule has 0 saturated carbocycles. The van der Waals surface area contributed by atoms with Crippen molar-refractivity contribution in [2.75, 3.05) is 6.61 Å². The van der Waals surface area contributed by atoms with E-state index in [9.17, 15) is 0 Å². The number of hydrogen-bond donors (Lipinski definition) is 0. The van der Waals surface area contributed by atoms with Gasteiger partial charge >= 0.3 is 0 Å². The predicted octanol–water partition coefficient (Wildman–Crippen LogP) is 5.20. The van der Waals surface area contributed by atoms with Crippen LogP contribution in [0, 0.1) is 0 Å². The maximum absolute atomic E-state index is 6.25. The van der Waals surface area contributed by atoms with Gasteiger partial charge in [-0.3, -0.25) is 0 Å². The third-order valence-corrected chi connectivity index (χ3v) is 4.37. The molecular formula is C20H26O2. The lowest BCUT2D eigenvalue weighted by Crippen LogP contribution is -2.18. The highest BCUT2D eigenvalue weighted by Gasteiger charge is 2.41. The van der Waals surface area contributed by atoms with Crippen LogP contribution in [-0.4, -0.2) is 18.8 Å². The highest BCUT2D eigenvalue weighted by atomic mass is 16.6. The van der Waals surface area contributed by atoms with Crippen LogP contribution in [0.1, 0.15) is 57.6 Å². The van der Waals surface area contributed by atoms with Gasteiger partial charge in [0.2, 0.25) is 0 Å². The van der Waals surface area contributed by atoms with Crippen molar-refractivity contribution in [3.63, 3.8) is 0 Å². The summed E-state index contributed by atoms with van der Waals surface area (Å²) in [6.45, 7) is 7.32. The Morgan fingerprint density at radius 1 is 1.27 bits per heavy atom. The van der Waals surface area contributed by atoms with E-state index in [4.69, 9.17) is 9.47 Å². The summed E-state index contributed by atoms with van der Waals surface area (Å²) < 4.78 is 12.3. The minimum Gasteiger partial charge on any atom is -0.491 e. The maximum atomic E-state index is 6.25. The van der Waals surface area contributed by atoms with Crippen molar-refractivity contribution in [3.05, 3.63) is 46.7 Å². The van der Waals surface area contributed by atoms with Crippen LogP contribution in [0.15, 0.2) is 35.6 Å². The molecule has 2 heterocycles. The molecule has 1 aromatic rings. The van der Waals surface area contributed by atoms with Gasteiger partial charge in [0, 0.05) is 18.4 Å². The van der Waals surface area contributed by atoms with Gasteiger partial charge in [-0.05, 0) is 31.4 Å². The second kappa shape index (κ2) is 6.70. The number of rotatable bonds is 5. The summed E-state index contributed by atoms with van der Waals surface area (Å²) in [4.78, 5) is 0. The standard InChI is InChI=1S/C20H26O2/c1-4-5-10-17-19(20-18(22-17)11-12-21-20)16-9-7-6-8-15(16)13-14(2)3/h6-9,13,18,20H,4-5,10-12H2,1-3H3. The fourth-order valence-corrected chi connectivity index (χ4v) is 3.38. The topological polar surface area (TPSA) is 18.5 Å². The Morgan fingerprint density at radius 3 is 2.86 bits per heavy atom. The summed E-state index contributed by atoms with van der Waals surface area (Å²) in [7, 11) is 0. The van der Waals surface area contributed by atoms with Crippen molar-refractivity contribution in [3.8, 4) is 0 Å². The van der Waals surface area contributed by atoms with E-state index in [1.807, 2.05) is 0 Å². The molecule has 0 bridgehead atoms. The fourth-order valence-electron chi connectivity index (χ4n) is 3.38. The molecular weight excluding hydrogens is 272 g/mol. The van der Waals surface area contributed by atoms with Gasteiger partial charge in [-0.2, -0.15) is 0 Å². The highest BCUT2D eigenvalue weighted by molar-refractivity contribution is 5.80. The molecule has 0 aliphatic carbocycles. The molecule has 2 aliphatic rings. The Balaban J connectivity index is 2.04. The normalized spacial score (nSPS) is 23.4. The van der Waals surface area contributed by atoms with E-state index in [0.29, 0.717) is 0 Å². The van der Waals surface area contributed by atoms with Crippen LogP contribution in [0.5, 0.6) is 0 Å². The van der Waals surface area contributed by atoms with Crippen LogP contribution in [-0.2, 0) is 9.47 Å².